The summed E-state index contributed by atoms with van der Waals surface area (Å²) >= 11 is 0. The van der Waals surface area contributed by atoms with Gasteiger partial charge in [-0.3, -0.25) is 4.79 Å². The molecule has 0 aliphatic heterocycles. The average Bonchev–Trinajstić information content (AvgIpc) is 2.39. The Kier molecular flexibility index (Phi) is 3.55. The van der Waals surface area contributed by atoms with Crippen LogP contribution in [0.1, 0.15) is 0 Å². The van der Waals surface area contributed by atoms with E-state index >= 15 is 0 Å². The van der Waals surface area contributed by atoms with Crippen molar-refractivity contribution in [3.8, 4) is 11.3 Å². The summed E-state index contributed by atoms with van der Waals surface area (Å²) in [5.74, 6) is -1.80. The lowest BCUT2D eigenvalue weighted by Gasteiger charge is -2.09. The number of hydrogen-bond donors (Lipinski definition) is 2. The van der Waals surface area contributed by atoms with Crippen LogP contribution in [0.25, 0.3) is 11.3 Å². The van der Waals surface area contributed by atoms with Gasteiger partial charge < -0.3 is 11.1 Å². The molecule has 0 radical (unpaired) electrons. The molecular weight excluding hydrogens is 273 g/mol. The number of halogens is 3. The molecule has 0 aliphatic rings. The number of anilines is 2. The molecule has 5 nitrogen and oxygen atoms in total. The molecule has 0 bridgehead atoms. The van der Waals surface area contributed by atoms with Crippen LogP contribution in [0.2, 0.25) is 0 Å². The van der Waals surface area contributed by atoms with E-state index in [1.165, 1.54) is 24.3 Å². The molecule has 3 N–H and O–H groups in total. The molecule has 0 saturated heterocycles. The number of amides is 1. The molecule has 0 atom stereocenters. The molecule has 8 heteroatoms. The van der Waals surface area contributed by atoms with Crippen molar-refractivity contribution >= 4 is 17.4 Å². The average molecular weight is 282 g/mol. The first-order chi connectivity index (χ1) is 9.36. The molecule has 0 spiro atoms. The van der Waals surface area contributed by atoms with E-state index in [2.05, 4.69) is 10.2 Å². The van der Waals surface area contributed by atoms with Gasteiger partial charge in [0.25, 0.3) is 0 Å². The smallest absolute Gasteiger partial charge is 0.382 e. The number of aromatic nitrogens is 2. The number of hydrogen-bond acceptors (Lipinski definition) is 4. The highest BCUT2D eigenvalue weighted by atomic mass is 19.4. The van der Waals surface area contributed by atoms with Gasteiger partial charge in [-0.1, -0.05) is 12.1 Å². The number of carbonyl (C=O) groups is 1. The monoisotopic (exact) mass is 282 g/mol. The lowest BCUT2D eigenvalue weighted by molar-refractivity contribution is -0.167. The van der Waals surface area contributed by atoms with Crippen molar-refractivity contribution in [1.29, 1.82) is 0 Å². The van der Waals surface area contributed by atoms with Crippen molar-refractivity contribution < 1.29 is 18.0 Å². The van der Waals surface area contributed by atoms with E-state index in [1.807, 2.05) is 0 Å². The van der Waals surface area contributed by atoms with Crippen LogP contribution >= 0.6 is 0 Å². The third-order valence-electron chi connectivity index (χ3n) is 2.36. The lowest BCUT2D eigenvalue weighted by atomic mass is 10.1. The Balaban J connectivity index is 2.24. The van der Waals surface area contributed by atoms with Gasteiger partial charge in [-0.2, -0.15) is 13.2 Å². The van der Waals surface area contributed by atoms with Gasteiger partial charge in [-0.25, -0.2) is 0 Å². The zero-order valence-electron chi connectivity index (χ0n) is 9.98. The number of benzene rings is 1. The predicted octanol–water partition coefficient (Wildman–Crippen LogP) is 2.23. The van der Waals surface area contributed by atoms with Crippen LogP contribution in [0, 0.1) is 0 Å². The van der Waals surface area contributed by atoms with E-state index in [1.54, 1.807) is 17.4 Å². The van der Waals surface area contributed by atoms with E-state index in [0.717, 1.165) is 0 Å². The van der Waals surface area contributed by atoms with Crippen LogP contribution in [-0.2, 0) is 4.79 Å². The van der Waals surface area contributed by atoms with Crippen molar-refractivity contribution in [2.45, 2.75) is 6.18 Å². The highest BCUT2D eigenvalue weighted by Crippen LogP contribution is 2.23. The Labute approximate surface area is 111 Å². The van der Waals surface area contributed by atoms with E-state index in [-0.39, 0.29) is 11.5 Å². The van der Waals surface area contributed by atoms with Crippen molar-refractivity contribution in [2.24, 2.45) is 0 Å². The Morgan fingerprint density at radius 1 is 1.15 bits per heavy atom. The molecule has 1 amide bonds. The van der Waals surface area contributed by atoms with Crippen LogP contribution in [-0.4, -0.2) is 22.3 Å². The van der Waals surface area contributed by atoms with Gasteiger partial charge >= 0.3 is 12.1 Å². The molecule has 104 valence electrons. The summed E-state index contributed by atoms with van der Waals surface area (Å²) in [6.45, 7) is 0. The Hall–Kier alpha value is -2.64. The zero-order chi connectivity index (χ0) is 14.8. The molecule has 0 fully saturated rings. The van der Waals surface area contributed by atoms with Crippen molar-refractivity contribution in [3.63, 3.8) is 0 Å². The van der Waals surface area contributed by atoms with Crippen molar-refractivity contribution in [1.82, 2.24) is 10.2 Å². The molecule has 1 aromatic heterocycles. The number of rotatable bonds is 2. The molecule has 0 saturated carbocycles. The summed E-state index contributed by atoms with van der Waals surface area (Å²) in [5, 5.41) is 9.22. The summed E-state index contributed by atoms with van der Waals surface area (Å²) in [6.07, 6.45) is -4.93. The van der Waals surface area contributed by atoms with Gasteiger partial charge in [0, 0.05) is 11.3 Å². The summed E-state index contributed by atoms with van der Waals surface area (Å²) in [4.78, 5) is 10.8. The van der Waals surface area contributed by atoms with Crippen LogP contribution in [0.4, 0.5) is 24.7 Å². The minimum atomic E-state index is -4.93. The number of nitrogens with one attached hydrogen (secondary N) is 1. The largest absolute Gasteiger partial charge is 0.471 e. The Bertz CT molecular complexity index is 625. The van der Waals surface area contributed by atoms with Crippen molar-refractivity contribution in [2.75, 3.05) is 11.1 Å². The number of alkyl halides is 3. The topological polar surface area (TPSA) is 80.9 Å². The number of nitrogen functional groups attached to an aromatic ring is 1. The standard InChI is InChI=1S/C12H9F3N4O/c13-12(14,15)11(20)17-8-3-1-2-7(6-8)9-4-5-10(16)19-18-9/h1-6H,(H2,16,19)(H,17,20). The Morgan fingerprint density at radius 3 is 2.50 bits per heavy atom. The molecule has 0 unspecified atom stereocenters. The van der Waals surface area contributed by atoms with Gasteiger partial charge in [0.05, 0.1) is 5.69 Å². The summed E-state index contributed by atoms with van der Waals surface area (Å²) < 4.78 is 36.5. The SMILES string of the molecule is Nc1ccc(-c2cccc(NC(=O)C(F)(F)F)c2)nn1. The van der Waals surface area contributed by atoms with E-state index < -0.39 is 12.1 Å². The molecule has 2 aromatic rings. The summed E-state index contributed by atoms with van der Waals surface area (Å²) in [6, 6.07) is 8.93. The lowest BCUT2D eigenvalue weighted by Crippen LogP contribution is -2.29. The fraction of sp³-hybridized carbons (Fsp3) is 0.0833. The first-order valence-electron chi connectivity index (χ1n) is 5.44. The second-order valence-electron chi connectivity index (χ2n) is 3.88. The van der Waals surface area contributed by atoms with Crippen LogP contribution in [0.3, 0.4) is 0 Å². The van der Waals surface area contributed by atoms with Gasteiger partial charge in [0.1, 0.15) is 5.82 Å². The van der Waals surface area contributed by atoms with Gasteiger partial charge in [0.15, 0.2) is 0 Å². The fourth-order valence-electron chi connectivity index (χ4n) is 1.45. The Morgan fingerprint density at radius 2 is 1.90 bits per heavy atom. The zero-order valence-corrected chi connectivity index (χ0v) is 9.98. The minimum absolute atomic E-state index is 0.0171. The molecule has 20 heavy (non-hydrogen) atoms. The highest BCUT2D eigenvalue weighted by molar-refractivity contribution is 5.95. The fourth-order valence-corrected chi connectivity index (χ4v) is 1.45. The van der Waals surface area contributed by atoms with Gasteiger partial charge in [0.2, 0.25) is 0 Å². The van der Waals surface area contributed by atoms with E-state index in [4.69, 9.17) is 5.73 Å². The number of carbonyl (C=O) groups excluding carboxylic acids is 1. The van der Waals surface area contributed by atoms with E-state index in [9.17, 15) is 18.0 Å². The molecule has 1 aromatic carbocycles. The third kappa shape index (κ3) is 3.22. The normalized spacial score (nSPS) is 11.2. The second kappa shape index (κ2) is 5.16. The second-order valence-corrected chi connectivity index (χ2v) is 3.88. The molecule has 1 heterocycles. The van der Waals surface area contributed by atoms with E-state index in [0.29, 0.717) is 11.3 Å². The first kappa shape index (κ1) is 13.8. The summed E-state index contributed by atoms with van der Waals surface area (Å²) in [7, 11) is 0. The third-order valence-corrected chi connectivity index (χ3v) is 2.36. The van der Waals surface area contributed by atoms with Crippen LogP contribution in [0.15, 0.2) is 36.4 Å². The van der Waals surface area contributed by atoms with Gasteiger partial charge in [-0.05, 0) is 24.3 Å². The molecular formula is C12H9F3N4O. The van der Waals surface area contributed by atoms with Crippen molar-refractivity contribution in [3.05, 3.63) is 36.4 Å². The molecule has 2 rings (SSSR count). The molecule has 0 aliphatic carbocycles. The first-order valence-corrected chi connectivity index (χ1v) is 5.44. The quantitative estimate of drug-likeness (QED) is 0.885. The summed E-state index contributed by atoms with van der Waals surface area (Å²) in [5.41, 5.74) is 6.35. The van der Waals surface area contributed by atoms with Crippen LogP contribution in [0.5, 0.6) is 0 Å². The maximum absolute atomic E-state index is 12.2. The maximum Gasteiger partial charge on any atom is 0.471 e. The minimum Gasteiger partial charge on any atom is -0.382 e. The van der Waals surface area contributed by atoms with Crippen LogP contribution < -0.4 is 11.1 Å². The predicted molar refractivity (Wildman–Crippen MR) is 66.6 cm³/mol. The highest BCUT2D eigenvalue weighted by Gasteiger charge is 2.38. The maximum atomic E-state index is 12.2. The number of nitrogens with two attached hydrogens (primary N) is 1. The number of nitrogens with zero attached hydrogens (tertiary/aromatic N) is 2. The van der Waals surface area contributed by atoms with Gasteiger partial charge in [-0.15, -0.1) is 10.2 Å².